The quantitative estimate of drug-likeness (QED) is 0.845. The zero-order valence-electron chi connectivity index (χ0n) is 12.4. The summed E-state index contributed by atoms with van der Waals surface area (Å²) in [6.07, 6.45) is 6.53. The molecule has 112 valence electrons. The summed E-state index contributed by atoms with van der Waals surface area (Å²) in [5.74, 6) is -0.639. The smallest absolute Gasteiger partial charge is 0.310 e. The van der Waals surface area contributed by atoms with Crippen LogP contribution in [0.5, 0.6) is 0 Å². The van der Waals surface area contributed by atoms with Gasteiger partial charge in [-0.25, -0.2) is 4.98 Å². The van der Waals surface area contributed by atoms with Gasteiger partial charge < -0.3 is 5.11 Å². The zero-order chi connectivity index (χ0) is 14.9. The molecule has 1 heterocycles. The zero-order valence-corrected chi connectivity index (χ0v) is 13.2. The lowest BCUT2D eigenvalue weighted by Gasteiger charge is -2.26. The molecule has 3 nitrogen and oxygen atoms in total. The molecule has 21 heavy (non-hydrogen) atoms. The molecule has 1 fully saturated rings. The van der Waals surface area contributed by atoms with E-state index in [1.54, 1.807) is 11.3 Å². The molecule has 0 atom stereocenters. The molecule has 1 aliphatic rings. The van der Waals surface area contributed by atoms with Gasteiger partial charge >= 0.3 is 5.97 Å². The minimum Gasteiger partial charge on any atom is -0.481 e. The summed E-state index contributed by atoms with van der Waals surface area (Å²) >= 11 is 1.65. The van der Waals surface area contributed by atoms with Crippen molar-refractivity contribution in [1.29, 1.82) is 0 Å². The molecule has 2 aromatic rings. The fraction of sp³-hybridized carbons (Fsp3) is 0.529. The monoisotopic (exact) mass is 303 g/mol. The largest absolute Gasteiger partial charge is 0.481 e. The summed E-state index contributed by atoms with van der Waals surface area (Å²) in [6.45, 7) is 2.07. The van der Waals surface area contributed by atoms with Gasteiger partial charge in [0.1, 0.15) is 0 Å². The molecular weight excluding hydrogens is 282 g/mol. The van der Waals surface area contributed by atoms with Gasteiger partial charge in [0.2, 0.25) is 0 Å². The molecule has 1 N–H and O–H groups in total. The van der Waals surface area contributed by atoms with Crippen LogP contribution in [0.3, 0.4) is 0 Å². The third-order valence-corrected chi connectivity index (χ3v) is 5.61. The summed E-state index contributed by atoms with van der Waals surface area (Å²) in [6, 6.07) is 6.23. The second-order valence-electron chi connectivity index (χ2n) is 6.26. The van der Waals surface area contributed by atoms with E-state index in [2.05, 4.69) is 24.0 Å². The van der Waals surface area contributed by atoms with Crippen LogP contribution in [0.1, 0.15) is 49.1 Å². The summed E-state index contributed by atoms with van der Waals surface area (Å²) in [4.78, 5) is 16.5. The minimum absolute atomic E-state index is 0.584. The molecule has 1 aromatic heterocycles. The number of hydrogen-bond donors (Lipinski definition) is 1. The molecule has 1 aliphatic carbocycles. The fourth-order valence-corrected chi connectivity index (χ4v) is 4.53. The van der Waals surface area contributed by atoms with E-state index in [9.17, 15) is 9.90 Å². The average molecular weight is 303 g/mol. The molecule has 0 saturated heterocycles. The Morgan fingerprint density at radius 3 is 2.67 bits per heavy atom. The first-order valence-corrected chi connectivity index (χ1v) is 8.50. The number of aliphatic carboxylic acids is 1. The van der Waals surface area contributed by atoms with Crippen LogP contribution in [0.4, 0.5) is 0 Å². The highest BCUT2D eigenvalue weighted by molar-refractivity contribution is 7.18. The molecule has 0 bridgehead atoms. The van der Waals surface area contributed by atoms with Gasteiger partial charge in [-0.15, -0.1) is 11.3 Å². The van der Waals surface area contributed by atoms with E-state index in [-0.39, 0.29) is 0 Å². The van der Waals surface area contributed by atoms with Gasteiger partial charge in [-0.05, 0) is 37.5 Å². The standard InChI is InChI=1S/C17H21NO2S/c1-12-6-7-13-14(10-12)21-15(18-13)11-17(16(19)20)8-4-2-3-5-9-17/h6-7,10H,2-5,8-9,11H2,1H3,(H,19,20). The number of nitrogens with zero attached hydrogens (tertiary/aromatic N) is 1. The third-order valence-electron chi connectivity index (χ3n) is 4.59. The van der Waals surface area contributed by atoms with E-state index in [4.69, 9.17) is 0 Å². The molecule has 0 unspecified atom stereocenters. The number of carboxylic acids is 1. The molecular formula is C17H21NO2S. The van der Waals surface area contributed by atoms with E-state index in [1.807, 2.05) is 6.07 Å². The van der Waals surface area contributed by atoms with Crippen molar-refractivity contribution in [3.63, 3.8) is 0 Å². The number of fused-ring (bicyclic) bond motifs is 1. The van der Waals surface area contributed by atoms with Crippen molar-refractivity contribution in [1.82, 2.24) is 4.98 Å². The maximum Gasteiger partial charge on any atom is 0.310 e. The second kappa shape index (κ2) is 5.76. The van der Waals surface area contributed by atoms with Crippen LogP contribution in [-0.4, -0.2) is 16.1 Å². The van der Waals surface area contributed by atoms with Gasteiger partial charge in [-0.1, -0.05) is 31.7 Å². The molecule has 1 aromatic carbocycles. The van der Waals surface area contributed by atoms with Crippen molar-refractivity contribution >= 4 is 27.5 Å². The molecule has 0 spiro atoms. The minimum atomic E-state index is -0.639. The Hall–Kier alpha value is -1.42. The topological polar surface area (TPSA) is 50.2 Å². The number of aryl methyl sites for hydroxylation is 1. The summed E-state index contributed by atoms with van der Waals surface area (Å²) < 4.78 is 1.17. The van der Waals surface area contributed by atoms with Crippen LogP contribution >= 0.6 is 11.3 Å². The van der Waals surface area contributed by atoms with Crippen molar-refractivity contribution in [3.05, 3.63) is 28.8 Å². The number of thiazole rings is 1. The predicted octanol–water partition coefficient (Wildman–Crippen LogP) is 4.57. The van der Waals surface area contributed by atoms with Crippen molar-refractivity contribution < 1.29 is 9.90 Å². The first kappa shape index (κ1) is 14.5. The summed E-state index contributed by atoms with van der Waals surface area (Å²) in [7, 11) is 0. The van der Waals surface area contributed by atoms with Gasteiger partial charge in [0.05, 0.1) is 20.6 Å². The molecule has 0 radical (unpaired) electrons. The molecule has 0 amide bonds. The Bertz CT molecular complexity index is 654. The lowest BCUT2D eigenvalue weighted by Crippen LogP contribution is -2.32. The normalized spacial score (nSPS) is 18.5. The maximum absolute atomic E-state index is 11.9. The molecule has 0 aliphatic heterocycles. The van der Waals surface area contributed by atoms with Crippen molar-refractivity contribution in [2.75, 3.05) is 0 Å². The van der Waals surface area contributed by atoms with Gasteiger partial charge in [-0.3, -0.25) is 4.79 Å². The number of aromatic nitrogens is 1. The number of benzene rings is 1. The summed E-state index contributed by atoms with van der Waals surface area (Å²) in [5, 5.41) is 10.7. The van der Waals surface area contributed by atoms with Crippen LogP contribution < -0.4 is 0 Å². The highest BCUT2D eigenvalue weighted by Crippen LogP contribution is 2.40. The second-order valence-corrected chi connectivity index (χ2v) is 7.37. The number of carboxylic acid groups (broad SMARTS) is 1. The Kier molecular flexibility index (Phi) is 3.98. The fourth-order valence-electron chi connectivity index (χ4n) is 3.32. The highest BCUT2D eigenvalue weighted by Gasteiger charge is 2.39. The maximum atomic E-state index is 11.9. The molecule has 4 heteroatoms. The first-order valence-electron chi connectivity index (χ1n) is 7.69. The van der Waals surface area contributed by atoms with E-state index in [1.165, 1.54) is 10.3 Å². The molecule has 1 saturated carbocycles. The Morgan fingerprint density at radius 2 is 2.00 bits per heavy atom. The lowest BCUT2D eigenvalue weighted by molar-refractivity contribution is -0.149. The number of rotatable bonds is 3. The Labute approximate surface area is 129 Å². The van der Waals surface area contributed by atoms with Crippen molar-refractivity contribution in [2.24, 2.45) is 5.41 Å². The Balaban J connectivity index is 1.91. The van der Waals surface area contributed by atoms with E-state index in [0.717, 1.165) is 49.0 Å². The average Bonchev–Trinajstić information content (AvgIpc) is 2.67. The van der Waals surface area contributed by atoms with Crippen LogP contribution in [0.15, 0.2) is 18.2 Å². The Morgan fingerprint density at radius 1 is 1.29 bits per heavy atom. The summed E-state index contributed by atoms with van der Waals surface area (Å²) in [5.41, 5.74) is 1.62. The van der Waals surface area contributed by atoms with E-state index < -0.39 is 11.4 Å². The number of hydrogen-bond acceptors (Lipinski definition) is 3. The van der Waals surface area contributed by atoms with E-state index >= 15 is 0 Å². The van der Waals surface area contributed by atoms with Gasteiger partial charge in [0.25, 0.3) is 0 Å². The van der Waals surface area contributed by atoms with Crippen molar-refractivity contribution in [3.8, 4) is 0 Å². The van der Waals surface area contributed by atoms with Crippen molar-refractivity contribution in [2.45, 2.75) is 51.9 Å². The van der Waals surface area contributed by atoms with Crippen LogP contribution in [0, 0.1) is 12.3 Å². The van der Waals surface area contributed by atoms with Gasteiger partial charge in [0.15, 0.2) is 0 Å². The third kappa shape index (κ3) is 2.95. The van der Waals surface area contributed by atoms with Crippen LogP contribution in [0.2, 0.25) is 0 Å². The van der Waals surface area contributed by atoms with Crippen LogP contribution in [-0.2, 0) is 11.2 Å². The highest BCUT2D eigenvalue weighted by atomic mass is 32.1. The van der Waals surface area contributed by atoms with Crippen LogP contribution in [0.25, 0.3) is 10.2 Å². The van der Waals surface area contributed by atoms with Gasteiger partial charge in [-0.2, -0.15) is 0 Å². The molecule has 3 rings (SSSR count). The number of carbonyl (C=O) groups is 1. The lowest BCUT2D eigenvalue weighted by atomic mass is 9.78. The first-order chi connectivity index (χ1) is 10.1. The van der Waals surface area contributed by atoms with E-state index in [0.29, 0.717) is 6.42 Å². The van der Waals surface area contributed by atoms with Gasteiger partial charge in [0, 0.05) is 6.42 Å². The predicted molar refractivity (Wildman–Crippen MR) is 85.8 cm³/mol. The SMILES string of the molecule is Cc1ccc2nc(CC3(C(=O)O)CCCCCC3)sc2c1.